The number of hydrogen-bond donors (Lipinski definition) is 0. The van der Waals surface area contributed by atoms with Crippen molar-refractivity contribution < 1.29 is 13.2 Å². The zero-order valence-electron chi connectivity index (χ0n) is 10.8. The molecule has 0 radical (unpaired) electrons. The molecule has 0 bridgehead atoms. The largest absolute Gasteiger partial charge is 0.416 e. The fraction of sp³-hybridized carbons (Fsp3) is 0.357. The quantitative estimate of drug-likeness (QED) is 0.819. The summed E-state index contributed by atoms with van der Waals surface area (Å²) in [5, 5.41) is 4.35. The van der Waals surface area contributed by atoms with Crippen LogP contribution in [0.25, 0.3) is 5.69 Å². The van der Waals surface area contributed by atoms with Crippen molar-refractivity contribution in [3.05, 3.63) is 47.8 Å². The molecule has 0 N–H and O–H groups in total. The van der Waals surface area contributed by atoms with Gasteiger partial charge in [-0.1, -0.05) is 13.8 Å². The molecule has 0 saturated heterocycles. The topological polar surface area (TPSA) is 17.8 Å². The van der Waals surface area contributed by atoms with Gasteiger partial charge in [0.25, 0.3) is 0 Å². The van der Waals surface area contributed by atoms with Crippen LogP contribution in [0.2, 0.25) is 0 Å². The third kappa shape index (κ3) is 3.36. The minimum Gasteiger partial charge on any atom is -0.241 e. The molecule has 1 aromatic carbocycles. The maximum atomic E-state index is 12.4. The summed E-state index contributed by atoms with van der Waals surface area (Å²) in [6, 6.07) is 6.87. The van der Waals surface area contributed by atoms with E-state index in [0.717, 1.165) is 24.2 Å². The first-order valence-corrected chi connectivity index (χ1v) is 6.08. The van der Waals surface area contributed by atoms with E-state index in [0.29, 0.717) is 11.6 Å². The first-order chi connectivity index (χ1) is 8.86. The maximum Gasteiger partial charge on any atom is 0.416 e. The Hall–Kier alpha value is -1.78. The van der Waals surface area contributed by atoms with Gasteiger partial charge in [-0.2, -0.15) is 18.3 Å². The summed E-state index contributed by atoms with van der Waals surface area (Å²) < 4.78 is 38.9. The van der Waals surface area contributed by atoms with Gasteiger partial charge in [0, 0.05) is 6.20 Å². The van der Waals surface area contributed by atoms with Gasteiger partial charge in [-0.05, 0) is 42.7 Å². The number of nitrogens with zero attached hydrogens (tertiary/aromatic N) is 2. The summed E-state index contributed by atoms with van der Waals surface area (Å²) >= 11 is 0. The molecule has 0 spiro atoms. The monoisotopic (exact) mass is 268 g/mol. The van der Waals surface area contributed by atoms with Crippen molar-refractivity contribution in [1.82, 2.24) is 9.78 Å². The summed E-state index contributed by atoms with van der Waals surface area (Å²) in [5.41, 5.74) is 0.920. The SMILES string of the molecule is CC(C)Cc1ccn(-c2ccc(C(F)(F)F)cc2)n1. The molecular weight excluding hydrogens is 253 g/mol. The zero-order chi connectivity index (χ0) is 14.0. The predicted octanol–water partition coefficient (Wildman–Crippen LogP) is 4.09. The molecule has 1 aromatic heterocycles. The van der Waals surface area contributed by atoms with Crippen molar-refractivity contribution in [3.8, 4) is 5.69 Å². The summed E-state index contributed by atoms with van der Waals surface area (Å²) in [6.45, 7) is 4.19. The lowest BCUT2D eigenvalue weighted by Gasteiger charge is -2.07. The van der Waals surface area contributed by atoms with Gasteiger partial charge in [0.2, 0.25) is 0 Å². The highest BCUT2D eigenvalue weighted by Crippen LogP contribution is 2.29. The van der Waals surface area contributed by atoms with Crippen LogP contribution in [-0.4, -0.2) is 9.78 Å². The summed E-state index contributed by atoms with van der Waals surface area (Å²) in [7, 11) is 0. The Morgan fingerprint density at radius 3 is 2.26 bits per heavy atom. The van der Waals surface area contributed by atoms with Crippen molar-refractivity contribution in [3.63, 3.8) is 0 Å². The molecule has 0 aliphatic heterocycles. The molecule has 0 unspecified atom stereocenters. The molecule has 0 fully saturated rings. The Balaban J connectivity index is 2.20. The van der Waals surface area contributed by atoms with Crippen molar-refractivity contribution in [1.29, 1.82) is 0 Å². The second-order valence-corrected chi connectivity index (χ2v) is 4.89. The van der Waals surface area contributed by atoms with Gasteiger partial charge >= 0.3 is 6.18 Å². The van der Waals surface area contributed by atoms with E-state index in [1.54, 1.807) is 10.9 Å². The van der Waals surface area contributed by atoms with Gasteiger partial charge < -0.3 is 0 Å². The van der Waals surface area contributed by atoms with E-state index in [-0.39, 0.29) is 0 Å². The second kappa shape index (κ2) is 5.07. The predicted molar refractivity (Wildman–Crippen MR) is 67.1 cm³/mol. The molecule has 5 heteroatoms. The summed E-state index contributed by atoms with van der Waals surface area (Å²) in [6.07, 6.45) is -1.68. The lowest BCUT2D eigenvalue weighted by Crippen LogP contribution is -2.05. The molecule has 2 rings (SSSR count). The van der Waals surface area contributed by atoms with Crippen LogP contribution in [0.5, 0.6) is 0 Å². The summed E-state index contributed by atoms with van der Waals surface area (Å²) in [5.74, 6) is 0.496. The highest BCUT2D eigenvalue weighted by molar-refractivity contribution is 5.35. The Bertz CT molecular complexity index is 539. The fourth-order valence-corrected chi connectivity index (χ4v) is 1.84. The minimum absolute atomic E-state index is 0.496. The van der Waals surface area contributed by atoms with Crippen LogP contribution < -0.4 is 0 Å². The molecule has 0 amide bonds. The minimum atomic E-state index is -4.30. The van der Waals surface area contributed by atoms with Crippen LogP contribution in [0.1, 0.15) is 25.1 Å². The van der Waals surface area contributed by atoms with E-state index in [4.69, 9.17) is 0 Å². The molecule has 2 aromatic rings. The van der Waals surface area contributed by atoms with Crippen molar-refractivity contribution in [2.45, 2.75) is 26.4 Å². The highest BCUT2D eigenvalue weighted by Gasteiger charge is 2.29. The van der Waals surface area contributed by atoms with E-state index >= 15 is 0 Å². The number of aromatic nitrogens is 2. The van der Waals surface area contributed by atoms with E-state index in [1.807, 2.05) is 6.07 Å². The lowest BCUT2D eigenvalue weighted by molar-refractivity contribution is -0.137. The van der Waals surface area contributed by atoms with Gasteiger partial charge in [-0.3, -0.25) is 0 Å². The normalized spacial score (nSPS) is 12.1. The first kappa shape index (κ1) is 13.6. The third-order valence-electron chi connectivity index (χ3n) is 2.72. The molecule has 2 nitrogen and oxygen atoms in total. The average Bonchev–Trinajstić information content (AvgIpc) is 2.75. The first-order valence-electron chi connectivity index (χ1n) is 6.08. The summed E-state index contributed by atoms with van der Waals surface area (Å²) in [4.78, 5) is 0. The molecule has 0 atom stereocenters. The smallest absolute Gasteiger partial charge is 0.241 e. The highest BCUT2D eigenvalue weighted by atomic mass is 19.4. The molecule has 1 heterocycles. The van der Waals surface area contributed by atoms with Crippen molar-refractivity contribution in [2.75, 3.05) is 0 Å². The van der Waals surface area contributed by atoms with Crippen LogP contribution >= 0.6 is 0 Å². The number of hydrogen-bond acceptors (Lipinski definition) is 1. The maximum absolute atomic E-state index is 12.4. The van der Waals surface area contributed by atoms with Crippen LogP contribution in [0.3, 0.4) is 0 Å². The zero-order valence-corrected chi connectivity index (χ0v) is 10.8. The van der Waals surface area contributed by atoms with Gasteiger partial charge in [0.15, 0.2) is 0 Å². The van der Waals surface area contributed by atoms with E-state index in [1.165, 1.54) is 12.1 Å². The Morgan fingerprint density at radius 1 is 1.11 bits per heavy atom. The molecular formula is C14H15F3N2. The molecule has 0 saturated carbocycles. The number of halogens is 3. The van der Waals surface area contributed by atoms with Crippen molar-refractivity contribution in [2.24, 2.45) is 5.92 Å². The third-order valence-corrected chi connectivity index (χ3v) is 2.72. The Morgan fingerprint density at radius 2 is 1.74 bits per heavy atom. The number of alkyl halides is 3. The van der Waals surface area contributed by atoms with Gasteiger partial charge in [0.1, 0.15) is 0 Å². The van der Waals surface area contributed by atoms with E-state index in [9.17, 15) is 13.2 Å². The van der Waals surface area contributed by atoms with Crippen LogP contribution in [0.4, 0.5) is 13.2 Å². The van der Waals surface area contributed by atoms with Crippen LogP contribution in [0, 0.1) is 5.92 Å². The second-order valence-electron chi connectivity index (χ2n) is 4.89. The fourth-order valence-electron chi connectivity index (χ4n) is 1.84. The van der Waals surface area contributed by atoms with Gasteiger partial charge in [-0.15, -0.1) is 0 Å². The van der Waals surface area contributed by atoms with Crippen molar-refractivity contribution >= 4 is 0 Å². The van der Waals surface area contributed by atoms with Gasteiger partial charge in [0.05, 0.1) is 16.9 Å². The molecule has 0 aliphatic carbocycles. The van der Waals surface area contributed by atoms with E-state index in [2.05, 4.69) is 18.9 Å². The Labute approximate surface area is 109 Å². The standard InChI is InChI=1S/C14H15F3N2/c1-10(2)9-12-7-8-19(18-12)13-5-3-11(4-6-13)14(15,16)17/h3-8,10H,9H2,1-2H3. The lowest BCUT2D eigenvalue weighted by atomic mass is 10.1. The molecule has 102 valence electrons. The van der Waals surface area contributed by atoms with Gasteiger partial charge in [-0.25, -0.2) is 4.68 Å². The molecule has 19 heavy (non-hydrogen) atoms. The number of rotatable bonds is 3. The number of benzene rings is 1. The average molecular weight is 268 g/mol. The van der Waals surface area contributed by atoms with Crippen LogP contribution in [-0.2, 0) is 12.6 Å². The van der Waals surface area contributed by atoms with E-state index < -0.39 is 11.7 Å². The Kier molecular flexibility index (Phi) is 3.64. The molecule has 0 aliphatic rings. The van der Waals surface area contributed by atoms with Crippen LogP contribution in [0.15, 0.2) is 36.5 Å².